The fourth-order valence-electron chi connectivity index (χ4n) is 3.22. The van der Waals surface area contributed by atoms with Crippen LogP contribution in [0.1, 0.15) is 54.4 Å². The molecule has 1 saturated carbocycles. The van der Waals surface area contributed by atoms with Crippen LogP contribution in [-0.2, 0) is 11.3 Å². The molecule has 24 heavy (non-hydrogen) atoms. The Balaban J connectivity index is 1.78. The number of hydrogen-bond acceptors (Lipinski definition) is 3. The zero-order valence-electron chi connectivity index (χ0n) is 14.8. The van der Waals surface area contributed by atoms with Crippen molar-refractivity contribution in [3.05, 3.63) is 35.4 Å². The third-order valence-corrected chi connectivity index (χ3v) is 4.53. The molecule has 0 atom stereocenters. The van der Waals surface area contributed by atoms with E-state index in [-0.39, 0.29) is 11.8 Å². The number of nitrogens with zero attached hydrogens (tertiary/aromatic N) is 1. The predicted octanol–water partition coefficient (Wildman–Crippen LogP) is 2.32. The third-order valence-electron chi connectivity index (χ3n) is 4.53. The van der Waals surface area contributed by atoms with E-state index in [1.807, 2.05) is 36.2 Å². The van der Waals surface area contributed by atoms with E-state index in [4.69, 9.17) is 0 Å². The van der Waals surface area contributed by atoms with E-state index in [0.29, 0.717) is 24.7 Å². The van der Waals surface area contributed by atoms with Crippen molar-refractivity contribution in [2.45, 2.75) is 51.1 Å². The highest BCUT2D eigenvalue weighted by Crippen LogP contribution is 2.17. The second kappa shape index (κ2) is 9.42. The van der Waals surface area contributed by atoms with Gasteiger partial charge in [0.1, 0.15) is 0 Å². The van der Waals surface area contributed by atoms with E-state index in [2.05, 4.69) is 10.6 Å². The van der Waals surface area contributed by atoms with Crippen LogP contribution in [0.5, 0.6) is 0 Å². The summed E-state index contributed by atoms with van der Waals surface area (Å²) in [5, 5.41) is 5.78. The molecule has 0 saturated heterocycles. The summed E-state index contributed by atoms with van der Waals surface area (Å²) in [6.45, 7) is 1.08. The molecule has 1 aromatic rings. The van der Waals surface area contributed by atoms with Gasteiger partial charge in [-0.1, -0.05) is 37.8 Å². The van der Waals surface area contributed by atoms with Crippen LogP contribution in [0.2, 0.25) is 0 Å². The average Bonchev–Trinajstić information content (AvgIpc) is 2.83. The lowest BCUT2D eigenvalue weighted by Crippen LogP contribution is -2.40. The number of amides is 2. The fourth-order valence-corrected chi connectivity index (χ4v) is 3.22. The Hall–Kier alpha value is -1.88. The topological polar surface area (TPSA) is 61.4 Å². The summed E-state index contributed by atoms with van der Waals surface area (Å²) in [4.78, 5) is 25.7. The number of carbonyl (C=O) groups excluding carboxylic acids is 2. The molecule has 0 spiro atoms. The predicted molar refractivity (Wildman–Crippen MR) is 95.8 cm³/mol. The average molecular weight is 331 g/mol. The highest BCUT2D eigenvalue weighted by Gasteiger charge is 2.15. The van der Waals surface area contributed by atoms with Crippen LogP contribution >= 0.6 is 0 Å². The Morgan fingerprint density at radius 2 is 1.71 bits per heavy atom. The number of carbonyl (C=O) groups is 2. The molecule has 0 unspecified atom stereocenters. The Kier molecular flexibility index (Phi) is 7.25. The lowest BCUT2D eigenvalue weighted by Gasteiger charge is -2.20. The zero-order chi connectivity index (χ0) is 17.4. The summed E-state index contributed by atoms with van der Waals surface area (Å²) in [7, 11) is 3.57. The Morgan fingerprint density at radius 3 is 2.29 bits per heavy atom. The van der Waals surface area contributed by atoms with E-state index in [1.54, 1.807) is 7.05 Å². The molecule has 1 aliphatic rings. The van der Waals surface area contributed by atoms with Gasteiger partial charge in [-0.15, -0.1) is 0 Å². The van der Waals surface area contributed by atoms with Crippen LogP contribution in [-0.4, -0.2) is 43.4 Å². The molecule has 5 nitrogen and oxygen atoms in total. The van der Waals surface area contributed by atoms with Crippen molar-refractivity contribution in [3.63, 3.8) is 0 Å². The van der Waals surface area contributed by atoms with Gasteiger partial charge in [-0.25, -0.2) is 0 Å². The molecular formula is C19H29N3O2. The summed E-state index contributed by atoms with van der Waals surface area (Å²) < 4.78 is 0. The van der Waals surface area contributed by atoms with E-state index >= 15 is 0 Å². The van der Waals surface area contributed by atoms with Crippen LogP contribution in [0.15, 0.2) is 24.3 Å². The van der Waals surface area contributed by atoms with Gasteiger partial charge in [0.2, 0.25) is 5.91 Å². The van der Waals surface area contributed by atoms with Crippen molar-refractivity contribution in [2.24, 2.45) is 0 Å². The fraction of sp³-hybridized carbons (Fsp3) is 0.579. The van der Waals surface area contributed by atoms with E-state index < -0.39 is 0 Å². The molecule has 132 valence electrons. The van der Waals surface area contributed by atoms with Crippen molar-refractivity contribution in [1.82, 2.24) is 15.5 Å². The molecule has 1 aromatic carbocycles. The van der Waals surface area contributed by atoms with E-state index in [0.717, 1.165) is 18.4 Å². The van der Waals surface area contributed by atoms with Crippen molar-refractivity contribution < 1.29 is 9.59 Å². The molecule has 2 N–H and O–H groups in total. The second-order valence-electron chi connectivity index (χ2n) is 6.70. The highest BCUT2D eigenvalue weighted by molar-refractivity contribution is 5.93. The van der Waals surface area contributed by atoms with Gasteiger partial charge in [-0.3, -0.25) is 14.5 Å². The van der Waals surface area contributed by atoms with Crippen LogP contribution in [0, 0.1) is 0 Å². The molecule has 2 rings (SSSR count). The van der Waals surface area contributed by atoms with Gasteiger partial charge in [0.05, 0.1) is 6.54 Å². The van der Waals surface area contributed by atoms with Crippen molar-refractivity contribution in [2.75, 3.05) is 20.6 Å². The van der Waals surface area contributed by atoms with Gasteiger partial charge in [-0.2, -0.15) is 0 Å². The van der Waals surface area contributed by atoms with Gasteiger partial charge < -0.3 is 10.6 Å². The van der Waals surface area contributed by atoms with Crippen LogP contribution in [0.4, 0.5) is 0 Å². The van der Waals surface area contributed by atoms with E-state index in [1.165, 1.54) is 25.7 Å². The van der Waals surface area contributed by atoms with Crippen LogP contribution < -0.4 is 10.6 Å². The van der Waals surface area contributed by atoms with Gasteiger partial charge >= 0.3 is 0 Å². The maximum Gasteiger partial charge on any atom is 0.251 e. The Morgan fingerprint density at radius 1 is 1.08 bits per heavy atom. The van der Waals surface area contributed by atoms with Crippen molar-refractivity contribution in [1.29, 1.82) is 0 Å². The summed E-state index contributed by atoms with van der Waals surface area (Å²) in [5.74, 6) is 0.0177. The van der Waals surface area contributed by atoms with Crippen LogP contribution in [0.3, 0.4) is 0 Å². The molecule has 0 heterocycles. The minimum Gasteiger partial charge on any atom is -0.355 e. The number of likely N-dealkylation sites (N-methyl/N-ethyl adjacent to an activating group) is 1. The smallest absolute Gasteiger partial charge is 0.251 e. The summed E-state index contributed by atoms with van der Waals surface area (Å²) in [6.07, 6.45) is 7.24. The monoisotopic (exact) mass is 331 g/mol. The standard InChI is InChI=1S/C19H29N3O2/c1-20-19(24)16-11-9-15(10-12-16)13-22(2)14-18(23)21-17-7-5-3-4-6-8-17/h9-12,17H,3-8,13-14H2,1-2H3,(H,20,24)(H,21,23). The van der Waals surface area contributed by atoms with Crippen molar-refractivity contribution >= 4 is 11.8 Å². The normalized spacial score (nSPS) is 15.8. The maximum atomic E-state index is 12.2. The van der Waals surface area contributed by atoms with Gasteiger partial charge in [0.25, 0.3) is 5.91 Å². The quantitative estimate of drug-likeness (QED) is 0.787. The first-order valence-electron chi connectivity index (χ1n) is 8.87. The SMILES string of the molecule is CNC(=O)c1ccc(CN(C)CC(=O)NC2CCCCCC2)cc1. The molecule has 5 heteroatoms. The second-order valence-corrected chi connectivity index (χ2v) is 6.70. The molecule has 1 fully saturated rings. The lowest BCUT2D eigenvalue weighted by atomic mass is 10.1. The minimum atomic E-state index is -0.0855. The Bertz CT molecular complexity index is 534. The third kappa shape index (κ3) is 5.96. The number of benzene rings is 1. The van der Waals surface area contributed by atoms with Crippen molar-refractivity contribution in [3.8, 4) is 0 Å². The molecular weight excluding hydrogens is 302 g/mol. The zero-order valence-corrected chi connectivity index (χ0v) is 14.8. The largest absolute Gasteiger partial charge is 0.355 e. The number of nitrogens with one attached hydrogen (secondary N) is 2. The molecule has 0 radical (unpaired) electrons. The lowest BCUT2D eigenvalue weighted by molar-refractivity contribution is -0.122. The number of hydrogen-bond donors (Lipinski definition) is 2. The summed E-state index contributed by atoms with van der Waals surface area (Å²) in [5.41, 5.74) is 1.74. The first-order valence-corrected chi connectivity index (χ1v) is 8.87. The number of rotatable bonds is 6. The van der Waals surface area contributed by atoms with Gasteiger partial charge in [-0.05, 0) is 37.6 Å². The van der Waals surface area contributed by atoms with E-state index in [9.17, 15) is 9.59 Å². The van der Waals surface area contributed by atoms with Gasteiger partial charge in [0, 0.05) is 25.2 Å². The summed E-state index contributed by atoms with van der Waals surface area (Å²) in [6, 6.07) is 7.84. The molecule has 1 aliphatic carbocycles. The van der Waals surface area contributed by atoms with Crippen LogP contribution in [0.25, 0.3) is 0 Å². The minimum absolute atomic E-state index is 0.0855. The Labute approximate surface area is 144 Å². The summed E-state index contributed by atoms with van der Waals surface area (Å²) >= 11 is 0. The van der Waals surface area contributed by atoms with Gasteiger partial charge in [0.15, 0.2) is 0 Å². The molecule has 0 bridgehead atoms. The maximum absolute atomic E-state index is 12.2. The molecule has 0 aromatic heterocycles. The highest BCUT2D eigenvalue weighted by atomic mass is 16.2. The first kappa shape index (κ1) is 18.5. The molecule has 0 aliphatic heterocycles. The first-order chi connectivity index (χ1) is 11.6. The molecule has 2 amide bonds.